The van der Waals surface area contributed by atoms with Gasteiger partial charge in [0.05, 0.1) is 24.9 Å². The van der Waals surface area contributed by atoms with Crippen molar-refractivity contribution in [3.05, 3.63) is 77.9 Å². The lowest BCUT2D eigenvalue weighted by atomic mass is 10.00. The Bertz CT molecular complexity index is 977. The van der Waals surface area contributed by atoms with Gasteiger partial charge in [0.15, 0.2) is 0 Å². The SMILES string of the molecule is N#C/C(=C\c1ccc(N2CCOCC2)cc1)c1ccc2ccccc2c1. The highest BCUT2D eigenvalue weighted by Gasteiger charge is 2.10. The molecular weight excluding hydrogens is 320 g/mol. The summed E-state index contributed by atoms with van der Waals surface area (Å²) in [7, 11) is 0. The van der Waals surface area contributed by atoms with Crippen molar-refractivity contribution in [1.82, 2.24) is 0 Å². The highest BCUT2D eigenvalue weighted by molar-refractivity contribution is 5.94. The summed E-state index contributed by atoms with van der Waals surface area (Å²) in [6.45, 7) is 3.41. The van der Waals surface area contributed by atoms with Gasteiger partial charge in [0.1, 0.15) is 0 Å². The van der Waals surface area contributed by atoms with E-state index in [4.69, 9.17) is 4.74 Å². The molecule has 3 nitrogen and oxygen atoms in total. The average Bonchev–Trinajstić information content (AvgIpc) is 2.73. The van der Waals surface area contributed by atoms with Crippen molar-refractivity contribution in [1.29, 1.82) is 5.26 Å². The molecule has 3 aromatic carbocycles. The van der Waals surface area contributed by atoms with E-state index in [1.165, 1.54) is 11.1 Å². The number of ether oxygens (including phenoxy) is 1. The lowest BCUT2D eigenvalue weighted by Gasteiger charge is -2.28. The Morgan fingerprint density at radius 1 is 0.923 bits per heavy atom. The molecular formula is C23H20N2O. The summed E-state index contributed by atoms with van der Waals surface area (Å²) in [5, 5.41) is 12.0. The second kappa shape index (κ2) is 7.43. The van der Waals surface area contributed by atoms with Crippen LogP contribution in [0.25, 0.3) is 22.4 Å². The maximum atomic E-state index is 9.63. The zero-order chi connectivity index (χ0) is 17.8. The maximum Gasteiger partial charge on any atom is 0.0998 e. The number of nitriles is 1. The van der Waals surface area contributed by atoms with E-state index < -0.39 is 0 Å². The van der Waals surface area contributed by atoms with Crippen molar-refractivity contribution in [2.75, 3.05) is 31.2 Å². The van der Waals surface area contributed by atoms with Gasteiger partial charge in [0.2, 0.25) is 0 Å². The lowest BCUT2D eigenvalue weighted by molar-refractivity contribution is 0.122. The summed E-state index contributed by atoms with van der Waals surface area (Å²) in [4.78, 5) is 2.32. The van der Waals surface area contributed by atoms with Gasteiger partial charge in [0.25, 0.3) is 0 Å². The number of hydrogen-bond acceptors (Lipinski definition) is 3. The average molecular weight is 340 g/mol. The van der Waals surface area contributed by atoms with E-state index in [0.717, 1.165) is 42.8 Å². The zero-order valence-electron chi connectivity index (χ0n) is 14.6. The fraction of sp³-hybridized carbons (Fsp3) is 0.174. The molecule has 0 unspecified atom stereocenters. The van der Waals surface area contributed by atoms with Crippen LogP contribution < -0.4 is 4.90 Å². The molecule has 0 spiro atoms. The van der Waals surface area contributed by atoms with Gasteiger partial charge in [-0.3, -0.25) is 0 Å². The molecule has 1 fully saturated rings. The van der Waals surface area contributed by atoms with Crippen LogP contribution in [0.1, 0.15) is 11.1 Å². The van der Waals surface area contributed by atoms with Gasteiger partial charge in [-0.1, -0.05) is 48.5 Å². The summed E-state index contributed by atoms with van der Waals surface area (Å²) < 4.78 is 5.40. The molecule has 0 bridgehead atoms. The first kappa shape index (κ1) is 16.4. The van der Waals surface area contributed by atoms with Crippen LogP contribution in [0.2, 0.25) is 0 Å². The molecule has 0 aromatic heterocycles. The number of morpholine rings is 1. The number of fused-ring (bicyclic) bond motifs is 1. The molecule has 0 aliphatic carbocycles. The van der Waals surface area contributed by atoms with E-state index in [9.17, 15) is 5.26 Å². The summed E-state index contributed by atoms with van der Waals surface area (Å²) in [5.74, 6) is 0. The molecule has 0 amide bonds. The van der Waals surface area contributed by atoms with Crippen molar-refractivity contribution in [3.8, 4) is 6.07 Å². The third-order valence-corrected chi connectivity index (χ3v) is 4.76. The number of allylic oxidation sites excluding steroid dienone is 1. The molecule has 0 N–H and O–H groups in total. The Labute approximate surface area is 153 Å². The van der Waals surface area contributed by atoms with Crippen molar-refractivity contribution in [2.45, 2.75) is 0 Å². The molecule has 0 atom stereocenters. The van der Waals surface area contributed by atoms with Gasteiger partial charge in [-0.2, -0.15) is 5.26 Å². The quantitative estimate of drug-likeness (QED) is 0.510. The minimum absolute atomic E-state index is 0.676. The van der Waals surface area contributed by atoms with Crippen molar-refractivity contribution in [3.63, 3.8) is 0 Å². The van der Waals surface area contributed by atoms with Gasteiger partial charge in [-0.05, 0) is 46.2 Å². The van der Waals surface area contributed by atoms with Gasteiger partial charge in [-0.15, -0.1) is 0 Å². The van der Waals surface area contributed by atoms with E-state index in [1.54, 1.807) is 0 Å². The molecule has 128 valence electrons. The van der Waals surface area contributed by atoms with Crippen LogP contribution in [-0.4, -0.2) is 26.3 Å². The Hall–Kier alpha value is -3.09. The van der Waals surface area contributed by atoms with Crippen molar-refractivity contribution in [2.24, 2.45) is 0 Å². The van der Waals surface area contributed by atoms with Gasteiger partial charge < -0.3 is 9.64 Å². The molecule has 1 heterocycles. The van der Waals surface area contributed by atoms with Crippen LogP contribution in [-0.2, 0) is 4.74 Å². The number of hydrogen-bond donors (Lipinski definition) is 0. The first-order valence-electron chi connectivity index (χ1n) is 8.87. The lowest BCUT2D eigenvalue weighted by Crippen LogP contribution is -2.36. The Morgan fingerprint density at radius 2 is 1.65 bits per heavy atom. The standard InChI is InChI=1S/C23H20N2O/c24-17-22(21-8-7-19-3-1-2-4-20(19)16-21)15-18-5-9-23(10-6-18)25-11-13-26-14-12-25/h1-10,15-16H,11-14H2/b22-15+. The van der Waals surface area contributed by atoms with E-state index in [0.29, 0.717) is 5.57 Å². The minimum atomic E-state index is 0.676. The van der Waals surface area contributed by atoms with Crippen molar-refractivity contribution < 1.29 is 4.74 Å². The maximum absolute atomic E-state index is 9.63. The first-order chi connectivity index (χ1) is 12.8. The van der Waals surface area contributed by atoms with E-state index in [2.05, 4.69) is 59.5 Å². The minimum Gasteiger partial charge on any atom is -0.378 e. The largest absolute Gasteiger partial charge is 0.378 e. The van der Waals surface area contributed by atoms with Crippen molar-refractivity contribution >= 4 is 28.1 Å². The van der Waals surface area contributed by atoms with E-state index in [1.807, 2.05) is 24.3 Å². The van der Waals surface area contributed by atoms with Crippen LogP contribution in [0.5, 0.6) is 0 Å². The summed E-state index contributed by atoms with van der Waals surface area (Å²) >= 11 is 0. The second-order valence-electron chi connectivity index (χ2n) is 6.42. The smallest absolute Gasteiger partial charge is 0.0998 e. The van der Waals surface area contributed by atoms with E-state index >= 15 is 0 Å². The van der Waals surface area contributed by atoms with Gasteiger partial charge in [0, 0.05) is 18.8 Å². The molecule has 4 rings (SSSR count). The molecule has 26 heavy (non-hydrogen) atoms. The Kier molecular flexibility index (Phi) is 4.68. The highest BCUT2D eigenvalue weighted by atomic mass is 16.5. The fourth-order valence-corrected chi connectivity index (χ4v) is 3.31. The van der Waals surface area contributed by atoms with Crippen LogP contribution in [0.15, 0.2) is 66.7 Å². The molecule has 3 heteroatoms. The second-order valence-corrected chi connectivity index (χ2v) is 6.42. The molecule has 1 saturated heterocycles. The van der Waals surface area contributed by atoms with Crippen LogP contribution in [0.3, 0.4) is 0 Å². The van der Waals surface area contributed by atoms with E-state index in [-0.39, 0.29) is 0 Å². The topological polar surface area (TPSA) is 36.3 Å². The highest BCUT2D eigenvalue weighted by Crippen LogP contribution is 2.24. The Morgan fingerprint density at radius 3 is 2.38 bits per heavy atom. The Balaban J connectivity index is 1.61. The van der Waals surface area contributed by atoms with Crippen LogP contribution in [0.4, 0.5) is 5.69 Å². The third-order valence-electron chi connectivity index (χ3n) is 4.76. The summed E-state index contributed by atoms with van der Waals surface area (Å²) in [6.07, 6.45) is 1.95. The number of benzene rings is 3. The zero-order valence-corrected chi connectivity index (χ0v) is 14.6. The predicted octanol–water partition coefficient (Wildman–Crippen LogP) is 4.74. The first-order valence-corrected chi connectivity index (χ1v) is 8.87. The van der Waals surface area contributed by atoms with Gasteiger partial charge >= 0.3 is 0 Å². The predicted molar refractivity (Wildman–Crippen MR) is 107 cm³/mol. The fourth-order valence-electron chi connectivity index (χ4n) is 3.31. The monoisotopic (exact) mass is 340 g/mol. The summed E-state index contributed by atoms with van der Waals surface area (Å²) in [6, 6.07) is 25.1. The van der Waals surface area contributed by atoms with Crippen LogP contribution in [0, 0.1) is 11.3 Å². The molecule has 0 saturated carbocycles. The van der Waals surface area contributed by atoms with Gasteiger partial charge in [-0.25, -0.2) is 0 Å². The summed E-state index contributed by atoms with van der Waals surface area (Å²) in [5.41, 5.74) is 3.86. The molecule has 3 aromatic rings. The van der Waals surface area contributed by atoms with Crippen LogP contribution >= 0.6 is 0 Å². The molecule has 1 aliphatic heterocycles. The normalized spacial score (nSPS) is 15.0. The number of rotatable bonds is 3. The molecule has 0 radical (unpaired) electrons. The molecule has 1 aliphatic rings. The third kappa shape index (κ3) is 3.46. The number of anilines is 1. The number of nitrogens with zero attached hydrogens (tertiary/aromatic N) is 2.